The van der Waals surface area contributed by atoms with Crippen molar-refractivity contribution in [3.05, 3.63) is 51.6 Å². The minimum atomic E-state index is -1.08. The maximum absolute atomic E-state index is 13.0. The van der Waals surface area contributed by atoms with Crippen molar-refractivity contribution in [3.63, 3.8) is 0 Å². The summed E-state index contributed by atoms with van der Waals surface area (Å²) in [6, 6.07) is 3.48. The number of H-pyrrole nitrogens is 1. The molecule has 0 bridgehead atoms. The minimum absolute atomic E-state index is 0.0150. The zero-order chi connectivity index (χ0) is 20.3. The molecule has 1 N–H and O–H groups in total. The fraction of sp³-hybridized carbons (Fsp3) is 0.316. The number of Topliss-reactive ketones (excluding diaryl/α,β-unsaturated/α-hetero) is 2. The van der Waals surface area contributed by atoms with Crippen LogP contribution in [-0.4, -0.2) is 35.2 Å². The monoisotopic (exact) mass is 395 g/mol. The van der Waals surface area contributed by atoms with Crippen molar-refractivity contribution in [3.8, 4) is 5.75 Å². The average molecular weight is 396 g/mol. The first-order valence-corrected chi connectivity index (χ1v) is 8.51. The number of aromatic amines is 1. The third-order valence-electron chi connectivity index (χ3n) is 3.95. The van der Waals surface area contributed by atoms with Gasteiger partial charge in [-0.1, -0.05) is 11.6 Å². The van der Waals surface area contributed by atoms with Crippen LogP contribution >= 0.6 is 11.6 Å². The number of ether oxygens (including phenoxy) is 2. The smallest absolute Gasteiger partial charge is 0.344 e. The van der Waals surface area contributed by atoms with E-state index >= 15 is 0 Å². The van der Waals surface area contributed by atoms with Gasteiger partial charge in [0.15, 0.2) is 18.5 Å². The molecule has 2 rings (SSSR count). The predicted octanol–water partition coefficient (Wildman–Crippen LogP) is 3.82. The molecule has 0 spiro atoms. The quantitative estimate of drug-likeness (QED) is 0.569. The molecular formula is C19H19ClFNO5. The van der Waals surface area contributed by atoms with E-state index in [9.17, 15) is 18.8 Å². The van der Waals surface area contributed by atoms with Gasteiger partial charge < -0.3 is 14.5 Å². The predicted molar refractivity (Wildman–Crippen MR) is 97.1 cm³/mol. The van der Waals surface area contributed by atoms with Gasteiger partial charge in [0, 0.05) is 11.3 Å². The number of benzene rings is 1. The van der Waals surface area contributed by atoms with E-state index in [0.717, 1.165) is 12.1 Å². The van der Waals surface area contributed by atoms with Gasteiger partial charge in [-0.2, -0.15) is 0 Å². The van der Waals surface area contributed by atoms with E-state index in [-0.39, 0.29) is 22.2 Å². The Morgan fingerprint density at radius 3 is 2.48 bits per heavy atom. The molecule has 144 valence electrons. The van der Waals surface area contributed by atoms with Gasteiger partial charge in [0.25, 0.3) is 0 Å². The SMILES string of the molecule is CC(=O)c1c(C)[nH]c(C(=O)[C@H](C)OC(=O)COc2ccc(F)cc2Cl)c1C. The molecule has 1 aromatic heterocycles. The molecule has 0 aliphatic heterocycles. The van der Waals surface area contributed by atoms with Gasteiger partial charge in [-0.25, -0.2) is 9.18 Å². The van der Waals surface area contributed by atoms with Crippen LogP contribution in [-0.2, 0) is 9.53 Å². The van der Waals surface area contributed by atoms with E-state index in [2.05, 4.69) is 4.98 Å². The molecule has 8 heteroatoms. The third kappa shape index (κ3) is 4.74. The van der Waals surface area contributed by atoms with E-state index in [1.54, 1.807) is 13.8 Å². The molecule has 1 aromatic carbocycles. The number of halogens is 2. The van der Waals surface area contributed by atoms with Gasteiger partial charge in [0.1, 0.15) is 11.6 Å². The Hall–Kier alpha value is -2.67. The maximum Gasteiger partial charge on any atom is 0.344 e. The average Bonchev–Trinajstić information content (AvgIpc) is 2.87. The topological polar surface area (TPSA) is 85.5 Å². The first-order valence-electron chi connectivity index (χ1n) is 8.13. The summed E-state index contributed by atoms with van der Waals surface area (Å²) in [6.45, 7) is 5.69. The number of esters is 1. The number of carbonyl (C=O) groups is 3. The van der Waals surface area contributed by atoms with Crippen LogP contribution in [0.2, 0.25) is 5.02 Å². The number of carbonyl (C=O) groups excluding carboxylic acids is 3. The van der Waals surface area contributed by atoms with E-state index < -0.39 is 30.3 Å². The summed E-state index contributed by atoms with van der Waals surface area (Å²) in [5.41, 5.74) is 1.77. The fourth-order valence-electron chi connectivity index (χ4n) is 2.74. The molecular weight excluding hydrogens is 377 g/mol. The first kappa shape index (κ1) is 20.6. The number of aryl methyl sites for hydroxylation is 1. The highest BCUT2D eigenvalue weighted by atomic mass is 35.5. The highest BCUT2D eigenvalue weighted by Crippen LogP contribution is 2.25. The van der Waals surface area contributed by atoms with Crippen LogP contribution in [0.1, 0.15) is 46.0 Å². The van der Waals surface area contributed by atoms with Crippen molar-refractivity contribution >= 4 is 29.1 Å². The molecule has 0 saturated carbocycles. The largest absolute Gasteiger partial charge is 0.480 e. The standard InChI is InChI=1S/C19H19ClFNO5/c1-9-17(11(3)23)10(2)22-18(9)19(25)12(4)27-16(24)8-26-15-6-5-13(21)7-14(15)20/h5-7,12,22H,8H2,1-4H3/t12-/m0/s1. The van der Waals surface area contributed by atoms with Crippen molar-refractivity contribution in [2.75, 3.05) is 6.61 Å². The van der Waals surface area contributed by atoms with E-state index in [1.807, 2.05) is 0 Å². The number of hydrogen-bond acceptors (Lipinski definition) is 5. The van der Waals surface area contributed by atoms with Crippen LogP contribution in [0.4, 0.5) is 4.39 Å². The van der Waals surface area contributed by atoms with Crippen LogP contribution in [0.5, 0.6) is 5.75 Å². The van der Waals surface area contributed by atoms with Gasteiger partial charge in [-0.15, -0.1) is 0 Å². The first-order chi connectivity index (χ1) is 12.6. The van der Waals surface area contributed by atoms with Crippen molar-refractivity contribution < 1.29 is 28.2 Å². The van der Waals surface area contributed by atoms with Crippen molar-refractivity contribution in [1.82, 2.24) is 4.98 Å². The Balaban J connectivity index is 2.01. The number of aromatic nitrogens is 1. The van der Waals surface area contributed by atoms with Crippen molar-refractivity contribution in [2.45, 2.75) is 33.8 Å². The summed E-state index contributed by atoms with van der Waals surface area (Å²) < 4.78 is 23.3. The molecule has 0 unspecified atom stereocenters. The highest BCUT2D eigenvalue weighted by Gasteiger charge is 2.26. The van der Waals surface area contributed by atoms with E-state index in [4.69, 9.17) is 21.1 Å². The Morgan fingerprint density at radius 1 is 1.26 bits per heavy atom. The van der Waals surface area contributed by atoms with Gasteiger partial charge in [-0.3, -0.25) is 9.59 Å². The van der Waals surface area contributed by atoms with E-state index in [0.29, 0.717) is 16.8 Å². The lowest BCUT2D eigenvalue weighted by Gasteiger charge is -2.13. The Morgan fingerprint density at radius 2 is 1.93 bits per heavy atom. The number of rotatable bonds is 7. The minimum Gasteiger partial charge on any atom is -0.480 e. The molecule has 1 heterocycles. The highest BCUT2D eigenvalue weighted by molar-refractivity contribution is 6.32. The lowest BCUT2D eigenvalue weighted by Crippen LogP contribution is -2.28. The van der Waals surface area contributed by atoms with Crippen molar-refractivity contribution in [2.24, 2.45) is 0 Å². The molecule has 0 aliphatic rings. The molecule has 2 aromatic rings. The second kappa shape index (κ2) is 8.35. The molecule has 6 nitrogen and oxygen atoms in total. The summed E-state index contributed by atoms with van der Waals surface area (Å²) in [5, 5.41) is 0.0150. The molecule has 0 saturated heterocycles. The van der Waals surface area contributed by atoms with Crippen LogP contribution in [0.15, 0.2) is 18.2 Å². The summed E-state index contributed by atoms with van der Waals surface area (Å²) in [6.07, 6.45) is -1.08. The second-order valence-corrected chi connectivity index (χ2v) is 6.45. The van der Waals surface area contributed by atoms with Gasteiger partial charge in [0.2, 0.25) is 5.78 Å². The molecule has 0 aliphatic carbocycles. The molecule has 0 amide bonds. The summed E-state index contributed by atoms with van der Waals surface area (Å²) >= 11 is 5.81. The Kier molecular flexibility index (Phi) is 6.38. The lowest BCUT2D eigenvalue weighted by atomic mass is 10.0. The molecule has 0 radical (unpaired) electrons. The van der Waals surface area contributed by atoms with Crippen LogP contribution in [0.25, 0.3) is 0 Å². The second-order valence-electron chi connectivity index (χ2n) is 6.04. The lowest BCUT2D eigenvalue weighted by molar-refractivity contribution is -0.148. The van der Waals surface area contributed by atoms with Gasteiger partial charge in [0.05, 0.1) is 10.7 Å². The Labute approximate surface area is 160 Å². The fourth-order valence-corrected chi connectivity index (χ4v) is 2.96. The Bertz CT molecular complexity index is 906. The van der Waals surface area contributed by atoms with Crippen LogP contribution in [0.3, 0.4) is 0 Å². The zero-order valence-corrected chi connectivity index (χ0v) is 16.1. The number of nitrogens with one attached hydrogen (secondary N) is 1. The van der Waals surface area contributed by atoms with Crippen LogP contribution < -0.4 is 4.74 Å². The summed E-state index contributed by atoms with van der Waals surface area (Å²) in [5.74, 6) is -1.82. The van der Waals surface area contributed by atoms with Gasteiger partial charge in [-0.05, 0) is 51.5 Å². The summed E-state index contributed by atoms with van der Waals surface area (Å²) in [7, 11) is 0. The summed E-state index contributed by atoms with van der Waals surface area (Å²) in [4.78, 5) is 39.0. The number of ketones is 2. The zero-order valence-electron chi connectivity index (χ0n) is 15.3. The number of hydrogen-bond donors (Lipinski definition) is 1. The third-order valence-corrected chi connectivity index (χ3v) is 4.25. The molecule has 0 fully saturated rings. The van der Waals surface area contributed by atoms with Gasteiger partial charge >= 0.3 is 5.97 Å². The van der Waals surface area contributed by atoms with Crippen LogP contribution in [0, 0.1) is 19.7 Å². The normalized spacial score (nSPS) is 11.8. The maximum atomic E-state index is 13.0. The van der Waals surface area contributed by atoms with E-state index in [1.165, 1.54) is 19.9 Å². The van der Waals surface area contributed by atoms with Crippen molar-refractivity contribution in [1.29, 1.82) is 0 Å². The molecule has 1 atom stereocenters. The molecule has 27 heavy (non-hydrogen) atoms.